The maximum Gasteiger partial charge on any atom is 0.214 e. The molecule has 164 valence electrons. The summed E-state index contributed by atoms with van der Waals surface area (Å²) in [6, 6.07) is 22.1. The Balaban J connectivity index is 1.55. The molecule has 2 aliphatic heterocycles. The van der Waals surface area contributed by atoms with Gasteiger partial charge in [-0.15, -0.1) is 0 Å². The van der Waals surface area contributed by atoms with Gasteiger partial charge in [-0.3, -0.25) is 0 Å². The molecule has 0 saturated carbocycles. The van der Waals surface area contributed by atoms with Gasteiger partial charge in [-0.2, -0.15) is 5.10 Å². The van der Waals surface area contributed by atoms with E-state index in [0.717, 1.165) is 51.8 Å². The molecule has 32 heavy (non-hydrogen) atoms. The van der Waals surface area contributed by atoms with Crippen molar-refractivity contribution < 1.29 is 18.9 Å². The van der Waals surface area contributed by atoms with E-state index in [2.05, 4.69) is 23.2 Å². The van der Waals surface area contributed by atoms with Crippen molar-refractivity contribution in [1.29, 1.82) is 0 Å². The molecule has 2 atom stereocenters. The molecule has 3 aromatic rings. The number of fused-ring (bicyclic) bond motifs is 3. The van der Waals surface area contributed by atoms with Crippen LogP contribution in [0.25, 0.3) is 0 Å². The van der Waals surface area contributed by atoms with E-state index >= 15 is 0 Å². The van der Waals surface area contributed by atoms with Crippen LogP contribution in [0.1, 0.15) is 42.3 Å². The fourth-order valence-electron chi connectivity index (χ4n) is 4.32. The summed E-state index contributed by atoms with van der Waals surface area (Å²) < 4.78 is 23.0. The number of para-hydroxylation sites is 1. The van der Waals surface area contributed by atoms with E-state index < -0.39 is 0 Å². The molecule has 0 saturated heterocycles. The minimum Gasteiger partial charge on any atom is -0.497 e. The van der Waals surface area contributed by atoms with Crippen molar-refractivity contribution in [2.45, 2.75) is 25.6 Å². The summed E-state index contributed by atoms with van der Waals surface area (Å²) in [4.78, 5) is 0. The standard InChI is InChI=1S/C26H26N2O4/c1-4-31-20-14-10-18(11-15-20)26-28-23(21-6-5-7-24(30-3)25(21)32-26)16-22(27-28)17-8-12-19(29-2)13-9-17/h5-15,23,26H,4,16H2,1-3H3. The molecule has 2 aliphatic rings. The predicted octanol–water partition coefficient (Wildman–Crippen LogP) is 5.34. The summed E-state index contributed by atoms with van der Waals surface area (Å²) in [5.41, 5.74) is 4.19. The van der Waals surface area contributed by atoms with E-state index in [9.17, 15) is 0 Å². The number of benzene rings is 3. The third-order valence-electron chi connectivity index (χ3n) is 5.90. The third kappa shape index (κ3) is 3.51. The quantitative estimate of drug-likeness (QED) is 0.528. The van der Waals surface area contributed by atoms with Crippen molar-refractivity contribution in [2.75, 3.05) is 20.8 Å². The van der Waals surface area contributed by atoms with Gasteiger partial charge in [-0.05, 0) is 67.1 Å². The molecule has 0 bridgehead atoms. The van der Waals surface area contributed by atoms with Crippen LogP contribution in [-0.4, -0.2) is 31.5 Å². The van der Waals surface area contributed by atoms with Crippen LogP contribution in [0.5, 0.6) is 23.0 Å². The number of methoxy groups -OCH3 is 2. The molecule has 0 aliphatic carbocycles. The zero-order valence-electron chi connectivity index (χ0n) is 18.4. The first-order chi connectivity index (χ1) is 15.7. The van der Waals surface area contributed by atoms with E-state index in [-0.39, 0.29) is 12.3 Å². The highest BCUT2D eigenvalue weighted by Gasteiger charge is 2.42. The second-order valence-electron chi connectivity index (χ2n) is 7.73. The number of hydrogen-bond acceptors (Lipinski definition) is 6. The molecule has 0 aromatic heterocycles. The maximum absolute atomic E-state index is 6.51. The maximum atomic E-state index is 6.51. The largest absolute Gasteiger partial charge is 0.497 e. The Morgan fingerprint density at radius 1 is 0.938 bits per heavy atom. The van der Waals surface area contributed by atoms with E-state index in [1.54, 1.807) is 14.2 Å². The summed E-state index contributed by atoms with van der Waals surface area (Å²) in [6.07, 6.45) is 0.416. The van der Waals surface area contributed by atoms with Crippen molar-refractivity contribution in [3.8, 4) is 23.0 Å². The second-order valence-corrected chi connectivity index (χ2v) is 7.73. The van der Waals surface area contributed by atoms with Crippen LogP contribution in [-0.2, 0) is 0 Å². The zero-order valence-corrected chi connectivity index (χ0v) is 18.4. The summed E-state index contributed by atoms with van der Waals surface area (Å²) in [5.74, 6) is 3.18. The van der Waals surface area contributed by atoms with Crippen LogP contribution in [0.4, 0.5) is 0 Å². The minimum atomic E-state index is -0.366. The van der Waals surface area contributed by atoms with Gasteiger partial charge in [0.25, 0.3) is 0 Å². The zero-order chi connectivity index (χ0) is 22.1. The number of ether oxygens (including phenoxy) is 4. The molecular weight excluding hydrogens is 404 g/mol. The smallest absolute Gasteiger partial charge is 0.214 e. The SMILES string of the molecule is CCOc1ccc(C2Oc3c(OC)cccc3C3CC(c4ccc(OC)cc4)=NN32)cc1. The molecule has 3 aromatic carbocycles. The van der Waals surface area contributed by atoms with Gasteiger partial charge in [-0.25, -0.2) is 5.01 Å². The first kappa shape index (κ1) is 20.2. The van der Waals surface area contributed by atoms with Crippen molar-refractivity contribution in [2.24, 2.45) is 5.10 Å². The Kier molecular flexibility index (Phi) is 5.35. The Bertz CT molecular complexity index is 1130. The van der Waals surface area contributed by atoms with Crippen molar-refractivity contribution >= 4 is 5.71 Å². The van der Waals surface area contributed by atoms with Crippen molar-refractivity contribution in [3.05, 3.63) is 83.4 Å². The van der Waals surface area contributed by atoms with Crippen molar-refractivity contribution in [3.63, 3.8) is 0 Å². The van der Waals surface area contributed by atoms with Crippen molar-refractivity contribution in [1.82, 2.24) is 5.01 Å². The van der Waals surface area contributed by atoms with Gasteiger partial charge in [-0.1, -0.05) is 12.1 Å². The number of hydrazone groups is 1. The normalized spacial score (nSPS) is 18.8. The lowest BCUT2D eigenvalue weighted by atomic mass is 9.95. The third-order valence-corrected chi connectivity index (χ3v) is 5.90. The Labute approximate surface area is 188 Å². The molecule has 2 unspecified atom stereocenters. The van der Waals surface area contributed by atoms with Crippen LogP contribution < -0.4 is 18.9 Å². The van der Waals surface area contributed by atoms with E-state index in [4.69, 9.17) is 24.0 Å². The van der Waals surface area contributed by atoms with E-state index in [1.165, 1.54) is 0 Å². The fraction of sp³-hybridized carbons (Fsp3) is 0.269. The molecule has 6 nitrogen and oxygen atoms in total. The highest BCUT2D eigenvalue weighted by atomic mass is 16.5. The molecule has 5 rings (SSSR count). The van der Waals surface area contributed by atoms with Gasteiger partial charge in [0, 0.05) is 17.5 Å². The first-order valence-corrected chi connectivity index (χ1v) is 10.8. The monoisotopic (exact) mass is 430 g/mol. The molecule has 0 amide bonds. The number of hydrogen-bond donors (Lipinski definition) is 0. The van der Waals surface area contributed by atoms with Crippen LogP contribution in [0.2, 0.25) is 0 Å². The Morgan fingerprint density at radius 2 is 1.69 bits per heavy atom. The molecule has 0 fully saturated rings. The van der Waals surface area contributed by atoms with Crippen LogP contribution in [0.15, 0.2) is 71.8 Å². The summed E-state index contributed by atoms with van der Waals surface area (Å²) in [5, 5.41) is 7.09. The Morgan fingerprint density at radius 3 is 2.38 bits per heavy atom. The van der Waals surface area contributed by atoms with Crippen LogP contribution in [0.3, 0.4) is 0 Å². The fourth-order valence-corrected chi connectivity index (χ4v) is 4.32. The van der Waals surface area contributed by atoms with Gasteiger partial charge in [0.15, 0.2) is 11.5 Å². The van der Waals surface area contributed by atoms with Gasteiger partial charge in [0.2, 0.25) is 6.23 Å². The molecule has 0 N–H and O–H groups in total. The lowest BCUT2D eigenvalue weighted by molar-refractivity contribution is -0.0209. The topological polar surface area (TPSA) is 52.5 Å². The molecule has 0 radical (unpaired) electrons. The number of rotatable bonds is 6. The minimum absolute atomic E-state index is 0.0579. The lowest BCUT2D eigenvalue weighted by Gasteiger charge is -2.38. The van der Waals surface area contributed by atoms with E-state index in [0.29, 0.717) is 6.61 Å². The van der Waals surface area contributed by atoms with Crippen LogP contribution in [0, 0.1) is 0 Å². The predicted molar refractivity (Wildman–Crippen MR) is 123 cm³/mol. The summed E-state index contributed by atoms with van der Waals surface area (Å²) >= 11 is 0. The Hall–Kier alpha value is -3.67. The molecule has 6 heteroatoms. The first-order valence-electron chi connectivity index (χ1n) is 10.8. The van der Waals surface area contributed by atoms with Gasteiger partial charge < -0.3 is 18.9 Å². The molecule has 0 spiro atoms. The average molecular weight is 431 g/mol. The average Bonchev–Trinajstić information content (AvgIpc) is 3.30. The summed E-state index contributed by atoms with van der Waals surface area (Å²) in [7, 11) is 3.34. The summed E-state index contributed by atoms with van der Waals surface area (Å²) in [6.45, 7) is 2.61. The lowest BCUT2D eigenvalue weighted by Crippen LogP contribution is -2.33. The van der Waals surface area contributed by atoms with Gasteiger partial charge >= 0.3 is 0 Å². The van der Waals surface area contributed by atoms with Gasteiger partial charge in [0.05, 0.1) is 32.6 Å². The molecule has 2 heterocycles. The molecular formula is C26H26N2O4. The van der Waals surface area contributed by atoms with Gasteiger partial charge in [0.1, 0.15) is 11.5 Å². The highest BCUT2D eigenvalue weighted by Crippen LogP contribution is 2.50. The number of nitrogens with zero attached hydrogens (tertiary/aromatic N) is 2. The van der Waals surface area contributed by atoms with E-state index in [1.807, 2.05) is 55.5 Å². The van der Waals surface area contributed by atoms with Crippen LogP contribution >= 0.6 is 0 Å². The second kappa shape index (κ2) is 8.46. The highest BCUT2D eigenvalue weighted by molar-refractivity contribution is 6.02.